The third-order valence-electron chi connectivity index (χ3n) is 2.67. The molecule has 0 heterocycles. The van der Waals surface area contributed by atoms with Crippen molar-refractivity contribution in [1.29, 1.82) is 0 Å². The fourth-order valence-corrected chi connectivity index (χ4v) is 1.77. The average Bonchev–Trinajstić information content (AvgIpc) is 2.59. The van der Waals surface area contributed by atoms with Gasteiger partial charge in [0.05, 0.1) is 7.11 Å². The minimum atomic E-state index is 0.147. The fourth-order valence-electron chi connectivity index (χ4n) is 1.77. The van der Waals surface area contributed by atoms with E-state index in [2.05, 4.69) is 18.2 Å². The zero-order valence-corrected chi connectivity index (χ0v) is 8.58. The molecule has 0 radical (unpaired) electrons. The van der Waals surface area contributed by atoms with Crippen LogP contribution in [-0.2, 0) is 6.42 Å². The van der Waals surface area contributed by atoms with Crippen LogP contribution in [0.3, 0.4) is 0 Å². The molecule has 14 heavy (non-hydrogen) atoms. The molecule has 1 unspecified atom stereocenters. The molecule has 2 rings (SSSR count). The van der Waals surface area contributed by atoms with Crippen LogP contribution in [-0.4, -0.2) is 13.2 Å². The van der Waals surface area contributed by atoms with Gasteiger partial charge >= 0.3 is 0 Å². The van der Waals surface area contributed by atoms with Crippen LogP contribution in [0.5, 0.6) is 5.75 Å². The molecule has 0 bridgehead atoms. The van der Waals surface area contributed by atoms with E-state index in [1.165, 1.54) is 16.7 Å². The van der Waals surface area contributed by atoms with Gasteiger partial charge in [0.1, 0.15) is 5.75 Å². The molecule has 2 heteroatoms. The van der Waals surface area contributed by atoms with E-state index in [0.29, 0.717) is 0 Å². The molecule has 0 amide bonds. The van der Waals surface area contributed by atoms with Crippen LogP contribution in [0.25, 0.3) is 6.08 Å². The predicted molar refractivity (Wildman–Crippen MR) is 58.3 cm³/mol. The summed E-state index contributed by atoms with van der Waals surface area (Å²) in [5, 5.41) is 0. The van der Waals surface area contributed by atoms with Crippen molar-refractivity contribution in [2.75, 3.05) is 7.11 Å². The summed E-state index contributed by atoms with van der Waals surface area (Å²) in [7, 11) is 1.69. The smallest absolute Gasteiger partial charge is 0.119 e. The second-order valence-electron chi connectivity index (χ2n) is 3.75. The van der Waals surface area contributed by atoms with Gasteiger partial charge < -0.3 is 10.5 Å². The van der Waals surface area contributed by atoms with Gasteiger partial charge in [-0.3, -0.25) is 0 Å². The summed E-state index contributed by atoms with van der Waals surface area (Å²) in [5.74, 6) is 0.920. The third-order valence-corrected chi connectivity index (χ3v) is 2.67. The van der Waals surface area contributed by atoms with Crippen molar-refractivity contribution in [2.24, 2.45) is 5.73 Å². The summed E-state index contributed by atoms with van der Waals surface area (Å²) in [6, 6.07) is 6.30. The lowest BCUT2D eigenvalue weighted by molar-refractivity contribution is 0.414. The Kier molecular flexibility index (Phi) is 2.30. The van der Waals surface area contributed by atoms with Gasteiger partial charge in [-0.25, -0.2) is 0 Å². The molecule has 74 valence electrons. The molecule has 0 fully saturated rings. The Morgan fingerprint density at radius 2 is 2.21 bits per heavy atom. The Bertz CT molecular complexity index is 380. The summed E-state index contributed by atoms with van der Waals surface area (Å²) in [5.41, 5.74) is 9.74. The number of methoxy groups -OCH3 is 1. The summed E-state index contributed by atoms with van der Waals surface area (Å²) in [6.45, 7) is 2.02. The molecule has 1 aliphatic rings. The Morgan fingerprint density at radius 3 is 2.86 bits per heavy atom. The van der Waals surface area contributed by atoms with Crippen molar-refractivity contribution in [2.45, 2.75) is 19.4 Å². The lowest BCUT2D eigenvalue weighted by Gasteiger charge is -2.05. The minimum absolute atomic E-state index is 0.147. The Balaban J connectivity index is 2.31. The summed E-state index contributed by atoms with van der Waals surface area (Å²) in [4.78, 5) is 0. The van der Waals surface area contributed by atoms with Crippen LogP contribution in [0.2, 0.25) is 0 Å². The summed E-state index contributed by atoms with van der Waals surface area (Å²) < 4.78 is 5.18. The van der Waals surface area contributed by atoms with Crippen molar-refractivity contribution < 1.29 is 4.74 Å². The predicted octanol–water partition coefficient (Wildman–Crippen LogP) is 1.98. The molecule has 1 atom stereocenters. The SMILES string of the molecule is COc1ccc2c(c1)CC(C(C)N)=C2. The van der Waals surface area contributed by atoms with Crippen LogP contribution >= 0.6 is 0 Å². The molecule has 0 saturated heterocycles. The standard InChI is InChI=1S/C12H15NO/c1-8(13)10-5-9-3-4-12(14-2)7-11(9)6-10/h3-5,7-8H,6,13H2,1-2H3. The molecule has 1 aliphatic carbocycles. The molecule has 0 saturated carbocycles. The molecule has 1 aromatic carbocycles. The molecule has 0 aromatic heterocycles. The minimum Gasteiger partial charge on any atom is -0.497 e. The first kappa shape index (κ1) is 9.28. The van der Waals surface area contributed by atoms with Crippen LogP contribution < -0.4 is 10.5 Å². The topological polar surface area (TPSA) is 35.2 Å². The van der Waals surface area contributed by atoms with Crippen LogP contribution in [0.4, 0.5) is 0 Å². The van der Waals surface area contributed by atoms with Gasteiger partial charge in [0, 0.05) is 6.04 Å². The van der Waals surface area contributed by atoms with E-state index in [-0.39, 0.29) is 6.04 Å². The van der Waals surface area contributed by atoms with Gasteiger partial charge in [0.15, 0.2) is 0 Å². The maximum Gasteiger partial charge on any atom is 0.119 e. The zero-order chi connectivity index (χ0) is 10.1. The van der Waals surface area contributed by atoms with Crippen molar-refractivity contribution in [3.8, 4) is 5.75 Å². The first-order chi connectivity index (χ1) is 6.70. The van der Waals surface area contributed by atoms with E-state index in [1.807, 2.05) is 13.0 Å². The first-order valence-corrected chi connectivity index (χ1v) is 4.83. The van der Waals surface area contributed by atoms with E-state index in [1.54, 1.807) is 7.11 Å². The Morgan fingerprint density at radius 1 is 1.43 bits per heavy atom. The number of nitrogens with two attached hydrogens (primary N) is 1. The van der Waals surface area contributed by atoms with Crippen molar-refractivity contribution in [3.63, 3.8) is 0 Å². The normalized spacial score (nSPS) is 16.1. The first-order valence-electron chi connectivity index (χ1n) is 4.83. The number of ether oxygens (including phenoxy) is 1. The van der Waals surface area contributed by atoms with Crippen LogP contribution in [0.1, 0.15) is 18.1 Å². The lowest BCUT2D eigenvalue weighted by atomic mass is 10.1. The molecule has 1 aromatic rings. The molecule has 0 spiro atoms. The number of fused-ring (bicyclic) bond motifs is 1. The zero-order valence-electron chi connectivity index (χ0n) is 8.58. The van der Waals surface area contributed by atoms with Crippen LogP contribution in [0, 0.1) is 0 Å². The van der Waals surface area contributed by atoms with Crippen LogP contribution in [0.15, 0.2) is 23.8 Å². The quantitative estimate of drug-likeness (QED) is 0.772. The fraction of sp³-hybridized carbons (Fsp3) is 0.333. The van der Waals surface area contributed by atoms with E-state index in [9.17, 15) is 0 Å². The molecule has 2 nitrogen and oxygen atoms in total. The van der Waals surface area contributed by atoms with Gasteiger partial charge in [-0.05, 0) is 42.2 Å². The summed E-state index contributed by atoms with van der Waals surface area (Å²) in [6.07, 6.45) is 3.14. The van der Waals surface area contributed by atoms with Crippen molar-refractivity contribution in [3.05, 3.63) is 34.9 Å². The highest BCUT2D eigenvalue weighted by Gasteiger charge is 2.15. The molecular weight excluding hydrogens is 174 g/mol. The molecule has 2 N–H and O–H groups in total. The van der Waals surface area contributed by atoms with Gasteiger partial charge in [-0.1, -0.05) is 12.1 Å². The highest BCUT2D eigenvalue weighted by molar-refractivity contribution is 5.65. The second kappa shape index (κ2) is 3.46. The highest BCUT2D eigenvalue weighted by Crippen LogP contribution is 2.29. The maximum atomic E-state index is 5.85. The number of rotatable bonds is 2. The molecular formula is C12H15NO. The third kappa shape index (κ3) is 1.53. The van der Waals surface area contributed by atoms with E-state index in [4.69, 9.17) is 10.5 Å². The Hall–Kier alpha value is -1.28. The summed E-state index contributed by atoms with van der Waals surface area (Å²) >= 11 is 0. The highest BCUT2D eigenvalue weighted by atomic mass is 16.5. The number of hydrogen-bond acceptors (Lipinski definition) is 2. The Labute approximate surface area is 84.4 Å². The number of hydrogen-bond donors (Lipinski definition) is 1. The second-order valence-corrected chi connectivity index (χ2v) is 3.75. The van der Waals surface area contributed by atoms with E-state index >= 15 is 0 Å². The lowest BCUT2D eigenvalue weighted by Crippen LogP contribution is -2.17. The van der Waals surface area contributed by atoms with E-state index < -0.39 is 0 Å². The van der Waals surface area contributed by atoms with Gasteiger partial charge in [0.2, 0.25) is 0 Å². The maximum absolute atomic E-state index is 5.85. The van der Waals surface area contributed by atoms with Gasteiger partial charge in [-0.2, -0.15) is 0 Å². The average molecular weight is 189 g/mol. The molecule has 0 aliphatic heterocycles. The van der Waals surface area contributed by atoms with Gasteiger partial charge in [-0.15, -0.1) is 0 Å². The van der Waals surface area contributed by atoms with E-state index in [0.717, 1.165) is 12.2 Å². The monoisotopic (exact) mass is 189 g/mol. The largest absolute Gasteiger partial charge is 0.497 e. The van der Waals surface area contributed by atoms with Crippen molar-refractivity contribution >= 4 is 6.08 Å². The van der Waals surface area contributed by atoms with Gasteiger partial charge in [0.25, 0.3) is 0 Å². The van der Waals surface area contributed by atoms with Crippen molar-refractivity contribution in [1.82, 2.24) is 0 Å². The number of benzene rings is 1.